The standard InChI is InChI=1S/C13H18N2O4S/c1-8-12(9(2)19-14-8)13(17)15-5-4-10(6-15)20-7-11(16)18-3/h10H,4-7H2,1-3H3. The molecule has 0 saturated carbocycles. The van der Waals surface area contributed by atoms with Gasteiger partial charge in [-0.3, -0.25) is 9.59 Å². The zero-order valence-electron chi connectivity index (χ0n) is 11.8. The minimum atomic E-state index is -0.231. The Labute approximate surface area is 121 Å². The molecular weight excluding hydrogens is 280 g/mol. The molecule has 1 saturated heterocycles. The van der Waals surface area contributed by atoms with Crippen LogP contribution in [0.25, 0.3) is 0 Å². The average molecular weight is 298 g/mol. The van der Waals surface area contributed by atoms with E-state index in [-0.39, 0.29) is 17.1 Å². The first kappa shape index (κ1) is 14.9. The van der Waals surface area contributed by atoms with Crippen molar-refractivity contribution in [1.82, 2.24) is 10.1 Å². The second-order valence-electron chi connectivity index (χ2n) is 4.75. The molecule has 1 fully saturated rings. The molecule has 0 bridgehead atoms. The third-order valence-corrected chi connectivity index (χ3v) is 4.60. The summed E-state index contributed by atoms with van der Waals surface area (Å²) in [5.41, 5.74) is 1.18. The topological polar surface area (TPSA) is 72.6 Å². The fraction of sp³-hybridized carbons (Fsp3) is 0.615. The van der Waals surface area contributed by atoms with E-state index >= 15 is 0 Å². The molecule has 2 heterocycles. The van der Waals surface area contributed by atoms with Crippen molar-refractivity contribution < 1.29 is 18.8 Å². The maximum Gasteiger partial charge on any atom is 0.315 e. The Balaban J connectivity index is 1.93. The SMILES string of the molecule is COC(=O)CSC1CCN(C(=O)c2c(C)noc2C)C1. The molecule has 2 rings (SSSR count). The third-order valence-electron chi connectivity index (χ3n) is 3.34. The molecule has 0 aromatic carbocycles. The van der Waals surface area contributed by atoms with Crippen LogP contribution in [0, 0.1) is 13.8 Å². The Morgan fingerprint density at radius 3 is 2.85 bits per heavy atom. The number of methoxy groups -OCH3 is 1. The van der Waals surface area contributed by atoms with Crippen LogP contribution in [0.4, 0.5) is 0 Å². The van der Waals surface area contributed by atoms with Gasteiger partial charge in [-0.25, -0.2) is 0 Å². The molecule has 1 aliphatic heterocycles. The highest BCUT2D eigenvalue weighted by Crippen LogP contribution is 2.25. The first-order chi connectivity index (χ1) is 9.52. The highest BCUT2D eigenvalue weighted by atomic mass is 32.2. The Morgan fingerprint density at radius 1 is 1.50 bits per heavy atom. The molecule has 0 radical (unpaired) electrons. The number of ether oxygens (including phenoxy) is 1. The number of carbonyl (C=O) groups is 2. The van der Waals surface area contributed by atoms with Crippen LogP contribution in [0.3, 0.4) is 0 Å². The van der Waals surface area contributed by atoms with Gasteiger partial charge in [-0.05, 0) is 20.3 Å². The van der Waals surface area contributed by atoms with E-state index < -0.39 is 0 Å². The molecule has 1 amide bonds. The van der Waals surface area contributed by atoms with Crippen LogP contribution in [0.5, 0.6) is 0 Å². The summed E-state index contributed by atoms with van der Waals surface area (Å²) in [4.78, 5) is 25.3. The maximum atomic E-state index is 12.4. The molecule has 1 aliphatic rings. The molecule has 20 heavy (non-hydrogen) atoms. The average Bonchev–Trinajstić information content (AvgIpc) is 3.03. The van der Waals surface area contributed by atoms with Gasteiger partial charge in [0, 0.05) is 18.3 Å². The molecule has 1 aromatic heterocycles. The van der Waals surface area contributed by atoms with Crippen LogP contribution in [-0.4, -0.2) is 53.1 Å². The molecule has 0 aliphatic carbocycles. The highest BCUT2D eigenvalue weighted by molar-refractivity contribution is 8.00. The van der Waals surface area contributed by atoms with Crippen molar-refractivity contribution in [1.29, 1.82) is 0 Å². The van der Waals surface area contributed by atoms with E-state index in [2.05, 4.69) is 9.89 Å². The summed E-state index contributed by atoms with van der Waals surface area (Å²) in [5, 5.41) is 4.09. The molecule has 0 spiro atoms. The summed E-state index contributed by atoms with van der Waals surface area (Å²) in [7, 11) is 1.38. The van der Waals surface area contributed by atoms with Crippen LogP contribution in [0.2, 0.25) is 0 Å². The van der Waals surface area contributed by atoms with Gasteiger partial charge in [0.25, 0.3) is 5.91 Å². The number of thioether (sulfide) groups is 1. The van der Waals surface area contributed by atoms with Gasteiger partial charge in [0.2, 0.25) is 0 Å². The summed E-state index contributed by atoms with van der Waals surface area (Å²) in [6.07, 6.45) is 0.886. The molecule has 110 valence electrons. The van der Waals surface area contributed by atoms with Crippen LogP contribution < -0.4 is 0 Å². The number of aromatic nitrogens is 1. The zero-order valence-corrected chi connectivity index (χ0v) is 12.7. The Bertz CT molecular complexity index is 495. The molecule has 6 nitrogen and oxygen atoms in total. The van der Waals surface area contributed by atoms with E-state index in [1.54, 1.807) is 18.7 Å². The van der Waals surface area contributed by atoms with Gasteiger partial charge < -0.3 is 14.2 Å². The number of nitrogens with zero attached hydrogens (tertiary/aromatic N) is 2. The van der Waals surface area contributed by atoms with Crippen LogP contribution >= 0.6 is 11.8 Å². The predicted molar refractivity (Wildman–Crippen MR) is 74.8 cm³/mol. The second-order valence-corrected chi connectivity index (χ2v) is 6.04. The van der Waals surface area contributed by atoms with Gasteiger partial charge in [0.1, 0.15) is 11.3 Å². The Kier molecular flexibility index (Phi) is 4.69. The van der Waals surface area contributed by atoms with E-state index in [4.69, 9.17) is 4.52 Å². The van der Waals surface area contributed by atoms with E-state index in [1.807, 2.05) is 0 Å². The summed E-state index contributed by atoms with van der Waals surface area (Å²) < 4.78 is 9.65. The highest BCUT2D eigenvalue weighted by Gasteiger charge is 2.30. The Morgan fingerprint density at radius 2 is 2.25 bits per heavy atom. The van der Waals surface area contributed by atoms with Gasteiger partial charge in [-0.2, -0.15) is 0 Å². The van der Waals surface area contributed by atoms with Gasteiger partial charge in [0.15, 0.2) is 0 Å². The number of carbonyl (C=O) groups excluding carboxylic acids is 2. The van der Waals surface area contributed by atoms with Crippen molar-refractivity contribution in [2.24, 2.45) is 0 Å². The lowest BCUT2D eigenvalue weighted by Gasteiger charge is -2.16. The maximum absolute atomic E-state index is 12.4. The van der Waals surface area contributed by atoms with E-state index in [0.717, 1.165) is 6.42 Å². The molecule has 7 heteroatoms. The van der Waals surface area contributed by atoms with Crippen LogP contribution in [0.15, 0.2) is 4.52 Å². The summed E-state index contributed by atoms with van der Waals surface area (Å²) in [5.74, 6) is 0.611. The normalized spacial score (nSPS) is 18.4. The van der Waals surface area contributed by atoms with Crippen LogP contribution in [-0.2, 0) is 9.53 Å². The second kappa shape index (κ2) is 6.30. The lowest BCUT2D eigenvalue weighted by atomic mass is 10.2. The van der Waals surface area contributed by atoms with Crippen molar-refractivity contribution >= 4 is 23.6 Å². The van der Waals surface area contributed by atoms with Crippen LogP contribution in [0.1, 0.15) is 28.2 Å². The van der Waals surface area contributed by atoms with Crippen molar-refractivity contribution in [2.75, 3.05) is 26.0 Å². The summed E-state index contributed by atoms with van der Waals surface area (Å²) in [6.45, 7) is 4.85. The number of esters is 1. The molecular formula is C13H18N2O4S. The fourth-order valence-corrected chi connectivity index (χ4v) is 3.29. The number of aryl methyl sites for hydroxylation is 2. The predicted octanol–water partition coefficient (Wildman–Crippen LogP) is 1.41. The molecule has 1 aromatic rings. The fourth-order valence-electron chi connectivity index (χ4n) is 2.24. The van der Waals surface area contributed by atoms with Crippen molar-refractivity contribution in [3.63, 3.8) is 0 Å². The van der Waals surface area contributed by atoms with Crippen molar-refractivity contribution in [3.05, 3.63) is 17.0 Å². The van der Waals surface area contributed by atoms with E-state index in [0.29, 0.717) is 35.9 Å². The lowest BCUT2D eigenvalue weighted by molar-refractivity contribution is -0.137. The molecule has 0 N–H and O–H groups in total. The number of hydrogen-bond acceptors (Lipinski definition) is 6. The number of rotatable bonds is 4. The van der Waals surface area contributed by atoms with Gasteiger partial charge in [-0.1, -0.05) is 5.16 Å². The lowest BCUT2D eigenvalue weighted by Crippen LogP contribution is -2.30. The third kappa shape index (κ3) is 3.15. The smallest absolute Gasteiger partial charge is 0.315 e. The van der Waals surface area contributed by atoms with Gasteiger partial charge in [-0.15, -0.1) is 11.8 Å². The first-order valence-corrected chi connectivity index (χ1v) is 7.48. The largest absolute Gasteiger partial charge is 0.468 e. The Hall–Kier alpha value is -1.50. The number of likely N-dealkylation sites (tertiary alicyclic amines) is 1. The van der Waals surface area contributed by atoms with Crippen molar-refractivity contribution in [2.45, 2.75) is 25.5 Å². The summed E-state index contributed by atoms with van der Waals surface area (Å²) >= 11 is 1.54. The minimum absolute atomic E-state index is 0.0394. The zero-order chi connectivity index (χ0) is 14.7. The monoisotopic (exact) mass is 298 g/mol. The number of amides is 1. The molecule has 1 atom stereocenters. The number of hydrogen-bond donors (Lipinski definition) is 0. The van der Waals surface area contributed by atoms with E-state index in [1.165, 1.54) is 18.9 Å². The van der Waals surface area contributed by atoms with Crippen molar-refractivity contribution in [3.8, 4) is 0 Å². The first-order valence-electron chi connectivity index (χ1n) is 6.43. The quantitative estimate of drug-likeness (QED) is 0.783. The molecule has 1 unspecified atom stereocenters. The van der Waals surface area contributed by atoms with Gasteiger partial charge >= 0.3 is 5.97 Å². The van der Waals surface area contributed by atoms with Gasteiger partial charge in [0.05, 0.1) is 18.6 Å². The summed E-state index contributed by atoms with van der Waals surface area (Å²) in [6, 6.07) is 0. The van der Waals surface area contributed by atoms with E-state index in [9.17, 15) is 9.59 Å². The minimum Gasteiger partial charge on any atom is -0.468 e.